The highest BCUT2D eigenvalue weighted by Crippen LogP contribution is 2.15. The van der Waals surface area contributed by atoms with E-state index in [1.54, 1.807) is 18.9 Å². The number of aryl methyl sites for hydroxylation is 1. The van der Waals surface area contributed by atoms with Crippen LogP contribution >= 0.6 is 0 Å². The van der Waals surface area contributed by atoms with Crippen LogP contribution < -0.4 is 5.32 Å². The Balaban J connectivity index is 1.89. The molecule has 1 atom stereocenters. The summed E-state index contributed by atoms with van der Waals surface area (Å²) >= 11 is 0. The lowest BCUT2D eigenvalue weighted by Gasteiger charge is -2.23. The number of furan rings is 1. The Labute approximate surface area is 116 Å². The van der Waals surface area contributed by atoms with E-state index in [9.17, 15) is 9.59 Å². The number of likely N-dealkylation sites (N-methyl/N-ethyl adjacent to an activating group) is 1. The smallest absolute Gasteiger partial charge is 0.339 e. The molecule has 2 heterocycles. The van der Waals surface area contributed by atoms with Gasteiger partial charge in [0.05, 0.1) is 19.2 Å². The SMILES string of the molecule is Cc1oc(CNC(=O)N(C)C2CCOC2)cc1C(=O)O. The minimum atomic E-state index is -1.04. The van der Waals surface area contributed by atoms with Crippen molar-refractivity contribution >= 4 is 12.0 Å². The second-order valence-corrected chi connectivity index (χ2v) is 4.77. The molecular weight excluding hydrogens is 264 g/mol. The number of ether oxygens (including phenoxy) is 1. The van der Waals surface area contributed by atoms with Crippen LogP contribution in [0.5, 0.6) is 0 Å². The van der Waals surface area contributed by atoms with Crippen LogP contribution in [0.3, 0.4) is 0 Å². The van der Waals surface area contributed by atoms with Crippen LogP contribution in [0.25, 0.3) is 0 Å². The summed E-state index contributed by atoms with van der Waals surface area (Å²) in [7, 11) is 1.71. The molecule has 1 fully saturated rings. The molecule has 2 rings (SSSR count). The van der Waals surface area contributed by atoms with Gasteiger partial charge in [-0.25, -0.2) is 9.59 Å². The predicted octanol–water partition coefficient (Wildman–Crippen LogP) is 1.22. The molecule has 2 amide bonds. The first-order chi connectivity index (χ1) is 9.49. The number of rotatable bonds is 4. The van der Waals surface area contributed by atoms with Gasteiger partial charge in [-0.15, -0.1) is 0 Å². The van der Waals surface area contributed by atoms with Crippen molar-refractivity contribution in [3.8, 4) is 0 Å². The lowest BCUT2D eigenvalue weighted by molar-refractivity contribution is 0.0695. The highest BCUT2D eigenvalue weighted by Gasteiger charge is 2.24. The van der Waals surface area contributed by atoms with E-state index in [1.807, 2.05) is 0 Å². The number of hydrogen-bond acceptors (Lipinski definition) is 4. The van der Waals surface area contributed by atoms with Gasteiger partial charge in [-0.05, 0) is 19.4 Å². The zero-order valence-corrected chi connectivity index (χ0v) is 11.5. The summed E-state index contributed by atoms with van der Waals surface area (Å²) in [6.45, 7) is 2.95. The number of carbonyl (C=O) groups excluding carboxylic acids is 1. The largest absolute Gasteiger partial charge is 0.478 e. The fourth-order valence-corrected chi connectivity index (χ4v) is 2.12. The molecule has 0 aliphatic carbocycles. The molecule has 1 saturated heterocycles. The highest BCUT2D eigenvalue weighted by atomic mass is 16.5. The number of urea groups is 1. The van der Waals surface area contributed by atoms with Gasteiger partial charge in [0.2, 0.25) is 0 Å². The van der Waals surface area contributed by atoms with E-state index >= 15 is 0 Å². The fraction of sp³-hybridized carbons (Fsp3) is 0.538. The van der Waals surface area contributed by atoms with Gasteiger partial charge >= 0.3 is 12.0 Å². The number of nitrogens with one attached hydrogen (secondary N) is 1. The molecular formula is C13H18N2O5. The van der Waals surface area contributed by atoms with Gasteiger partial charge < -0.3 is 24.5 Å². The standard InChI is InChI=1S/C13H18N2O5/c1-8-11(12(16)17)5-10(20-8)6-14-13(18)15(2)9-3-4-19-7-9/h5,9H,3-4,6-7H2,1-2H3,(H,14,18)(H,16,17). The number of carboxylic acids is 1. The molecule has 110 valence electrons. The zero-order valence-electron chi connectivity index (χ0n) is 11.5. The first-order valence-corrected chi connectivity index (χ1v) is 6.40. The molecule has 20 heavy (non-hydrogen) atoms. The normalized spacial score (nSPS) is 18.0. The van der Waals surface area contributed by atoms with Crippen LogP contribution in [0.15, 0.2) is 10.5 Å². The van der Waals surface area contributed by atoms with Crippen molar-refractivity contribution in [1.82, 2.24) is 10.2 Å². The van der Waals surface area contributed by atoms with Gasteiger partial charge in [-0.3, -0.25) is 0 Å². The third kappa shape index (κ3) is 3.11. The average molecular weight is 282 g/mol. The van der Waals surface area contributed by atoms with Gasteiger partial charge in [0, 0.05) is 13.7 Å². The third-order valence-corrected chi connectivity index (χ3v) is 3.39. The first kappa shape index (κ1) is 14.4. The maximum absolute atomic E-state index is 11.9. The van der Waals surface area contributed by atoms with Crippen LogP contribution in [-0.4, -0.2) is 48.3 Å². The Morgan fingerprint density at radius 3 is 2.85 bits per heavy atom. The Morgan fingerprint density at radius 1 is 1.55 bits per heavy atom. The van der Waals surface area contributed by atoms with E-state index in [0.717, 1.165) is 6.42 Å². The monoisotopic (exact) mass is 282 g/mol. The van der Waals surface area contributed by atoms with E-state index in [4.69, 9.17) is 14.3 Å². The predicted molar refractivity (Wildman–Crippen MR) is 69.6 cm³/mol. The van der Waals surface area contributed by atoms with Gasteiger partial charge in [-0.2, -0.15) is 0 Å². The summed E-state index contributed by atoms with van der Waals surface area (Å²) in [4.78, 5) is 24.4. The molecule has 7 nitrogen and oxygen atoms in total. The molecule has 1 aliphatic rings. The lowest BCUT2D eigenvalue weighted by atomic mass is 10.2. The number of amides is 2. The van der Waals surface area contributed by atoms with E-state index in [2.05, 4.69) is 5.32 Å². The Hall–Kier alpha value is -2.02. The van der Waals surface area contributed by atoms with Gasteiger partial charge in [0.1, 0.15) is 17.1 Å². The minimum Gasteiger partial charge on any atom is -0.478 e. The Bertz CT molecular complexity index is 505. The molecule has 1 aliphatic heterocycles. The topological polar surface area (TPSA) is 92.0 Å². The van der Waals surface area contributed by atoms with Crippen LogP contribution in [0.1, 0.15) is 28.3 Å². The van der Waals surface area contributed by atoms with Gasteiger partial charge in [0.15, 0.2) is 0 Å². The van der Waals surface area contributed by atoms with Crippen LogP contribution in [-0.2, 0) is 11.3 Å². The molecule has 1 aromatic heterocycles. The van der Waals surface area contributed by atoms with Crippen LogP contribution in [0.2, 0.25) is 0 Å². The number of nitrogens with zero attached hydrogens (tertiary/aromatic N) is 1. The summed E-state index contributed by atoms with van der Waals surface area (Å²) in [6, 6.07) is 1.28. The maximum atomic E-state index is 11.9. The van der Waals surface area contributed by atoms with E-state index in [-0.39, 0.29) is 24.2 Å². The quantitative estimate of drug-likeness (QED) is 0.866. The van der Waals surface area contributed by atoms with Crippen molar-refractivity contribution in [3.05, 3.63) is 23.2 Å². The van der Waals surface area contributed by atoms with E-state index < -0.39 is 5.97 Å². The average Bonchev–Trinajstić information content (AvgIpc) is 3.04. The summed E-state index contributed by atoms with van der Waals surface area (Å²) < 4.78 is 10.5. The van der Waals surface area contributed by atoms with Crippen molar-refractivity contribution < 1.29 is 23.8 Å². The van der Waals surface area contributed by atoms with Crippen LogP contribution in [0, 0.1) is 6.92 Å². The van der Waals surface area contributed by atoms with Crippen molar-refractivity contribution in [2.45, 2.75) is 25.9 Å². The van der Waals surface area contributed by atoms with Crippen molar-refractivity contribution in [2.75, 3.05) is 20.3 Å². The van der Waals surface area contributed by atoms with Gasteiger partial charge in [0.25, 0.3) is 0 Å². The highest BCUT2D eigenvalue weighted by molar-refractivity contribution is 5.88. The lowest BCUT2D eigenvalue weighted by Crippen LogP contribution is -2.43. The second kappa shape index (κ2) is 5.96. The fourth-order valence-electron chi connectivity index (χ4n) is 2.12. The van der Waals surface area contributed by atoms with E-state index in [1.165, 1.54) is 6.07 Å². The first-order valence-electron chi connectivity index (χ1n) is 6.40. The maximum Gasteiger partial charge on any atom is 0.339 e. The molecule has 1 unspecified atom stereocenters. The third-order valence-electron chi connectivity index (χ3n) is 3.39. The second-order valence-electron chi connectivity index (χ2n) is 4.77. The summed E-state index contributed by atoms with van der Waals surface area (Å²) in [5.41, 5.74) is 0.117. The molecule has 0 saturated carbocycles. The molecule has 0 aromatic carbocycles. The molecule has 7 heteroatoms. The van der Waals surface area contributed by atoms with Gasteiger partial charge in [-0.1, -0.05) is 0 Å². The molecule has 2 N–H and O–H groups in total. The molecule has 0 spiro atoms. The number of hydrogen-bond donors (Lipinski definition) is 2. The molecule has 0 radical (unpaired) electrons. The van der Waals surface area contributed by atoms with E-state index in [0.29, 0.717) is 24.7 Å². The molecule has 0 bridgehead atoms. The molecule has 1 aromatic rings. The zero-order chi connectivity index (χ0) is 14.7. The Kier molecular flexibility index (Phi) is 4.29. The minimum absolute atomic E-state index is 0.0860. The summed E-state index contributed by atoms with van der Waals surface area (Å²) in [6.07, 6.45) is 0.826. The van der Waals surface area contributed by atoms with Crippen molar-refractivity contribution in [1.29, 1.82) is 0 Å². The summed E-state index contributed by atoms with van der Waals surface area (Å²) in [5, 5.41) is 11.6. The van der Waals surface area contributed by atoms with Crippen molar-refractivity contribution in [2.24, 2.45) is 0 Å². The van der Waals surface area contributed by atoms with Crippen molar-refractivity contribution in [3.63, 3.8) is 0 Å². The number of aromatic carboxylic acids is 1. The Morgan fingerprint density at radius 2 is 2.30 bits per heavy atom. The van der Waals surface area contributed by atoms with Crippen LogP contribution in [0.4, 0.5) is 4.79 Å². The summed E-state index contributed by atoms with van der Waals surface area (Å²) in [5.74, 6) is -0.285. The number of carbonyl (C=O) groups is 2. The number of carboxylic acid groups (broad SMARTS) is 1.